The van der Waals surface area contributed by atoms with Crippen LogP contribution in [0.5, 0.6) is 0 Å². The van der Waals surface area contributed by atoms with Crippen molar-refractivity contribution in [1.82, 2.24) is 31.2 Å². The fraction of sp³-hybridized carbons (Fsp3) is 0.500. The number of aryl methyl sites for hydroxylation is 1. The molecular weight excluding hydrogens is 684 g/mol. The Labute approximate surface area is 319 Å². The van der Waals surface area contributed by atoms with Gasteiger partial charge in [-0.3, -0.25) is 14.6 Å². The Hall–Kier alpha value is -4.97. The Morgan fingerprint density at radius 1 is 0.870 bits per heavy atom. The van der Waals surface area contributed by atoms with Crippen LogP contribution in [0.4, 0.5) is 9.59 Å². The minimum atomic E-state index is -1.08. The van der Waals surface area contributed by atoms with E-state index < -0.39 is 48.2 Å². The van der Waals surface area contributed by atoms with E-state index in [1.807, 2.05) is 113 Å². The van der Waals surface area contributed by atoms with Crippen molar-refractivity contribution < 1.29 is 29.0 Å². The number of carbonyl (C=O) groups is 4. The van der Waals surface area contributed by atoms with Crippen molar-refractivity contribution in [3.05, 3.63) is 101 Å². The van der Waals surface area contributed by atoms with Gasteiger partial charge in [0.2, 0.25) is 11.8 Å². The van der Waals surface area contributed by atoms with Gasteiger partial charge >= 0.3 is 12.1 Å². The molecule has 0 bridgehead atoms. The van der Waals surface area contributed by atoms with E-state index in [2.05, 4.69) is 26.3 Å². The molecular formula is C42H58N6O6. The van der Waals surface area contributed by atoms with Crippen molar-refractivity contribution >= 4 is 23.9 Å². The van der Waals surface area contributed by atoms with Crippen LogP contribution < -0.4 is 21.3 Å². The molecule has 0 saturated carbocycles. The summed E-state index contributed by atoms with van der Waals surface area (Å²) in [6.07, 6.45) is 0.414. The Morgan fingerprint density at radius 2 is 1.50 bits per heavy atom. The lowest BCUT2D eigenvalue weighted by Gasteiger charge is -2.35. The first kappa shape index (κ1) is 41.8. The van der Waals surface area contributed by atoms with Gasteiger partial charge in [0.1, 0.15) is 6.04 Å². The minimum absolute atomic E-state index is 0.0668. The second kappa shape index (κ2) is 20.5. The molecule has 1 saturated heterocycles. The first-order valence-corrected chi connectivity index (χ1v) is 19.1. The van der Waals surface area contributed by atoms with Gasteiger partial charge < -0.3 is 36.0 Å². The third kappa shape index (κ3) is 11.8. The Morgan fingerprint density at radius 3 is 2.09 bits per heavy atom. The number of alkyl carbamates (subject to hydrolysis) is 1. The van der Waals surface area contributed by atoms with E-state index in [0.717, 1.165) is 22.5 Å². The lowest BCUT2D eigenvalue weighted by Crippen LogP contribution is -2.56. The number of benzene rings is 2. The SMILES string of the molecule is CCC(C)C(NC(=O)OC)C(=O)NC(Cc1ccccc1)C(O)CC(Cc1ccccc1)NC(=O)C(C(C)CC)C1CNC(=O)N1Cc1cccc(C)n1. The molecule has 8 atom stereocenters. The smallest absolute Gasteiger partial charge is 0.407 e. The number of methoxy groups -OCH3 is 1. The van der Waals surface area contributed by atoms with Crippen molar-refractivity contribution in [2.45, 2.75) is 104 Å². The number of ether oxygens (including phenoxy) is 1. The maximum atomic E-state index is 14.5. The molecule has 5 N–H and O–H groups in total. The summed E-state index contributed by atoms with van der Waals surface area (Å²) in [4.78, 5) is 60.0. The van der Waals surface area contributed by atoms with E-state index in [1.165, 1.54) is 7.11 Å². The minimum Gasteiger partial charge on any atom is -0.453 e. The first-order chi connectivity index (χ1) is 25.9. The Kier molecular flexibility index (Phi) is 15.8. The lowest BCUT2D eigenvalue weighted by atomic mass is 9.83. The Balaban J connectivity index is 1.62. The summed E-state index contributed by atoms with van der Waals surface area (Å²) in [6, 6.07) is 22.2. The molecule has 12 heteroatoms. The number of aliphatic hydroxyl groups excluding tert-OH is 1. The van der Waals surface area contributed by atoms with Crippen molar-refractivity contribution in [2.24, 2.45) is 17.8 Å². The van der Waals surface area contributed by atoms with E-state index in [-0.39, 0.29) is 36.7 Å². The zero-order valence-electron chi connectivity index (χ0n) is 32.5. The van der Waals surface area contributed by atoms with Gasteiger partial charge in [-0.25, -0.2) is 9.59 Å². The number of aliphatic hydroxyl groups is 1. The average molecular weight is 743 g/mol. The van der Waals surface area contributed by atoms with Gasteiger partial charge in [-0.05, 0) is 61.3 Å². The maximum absolute atomic E-state index is 14.5. The third-order valence-electron chi connectivity index (χ3n) is 10.6. The summed E-state index contributed by atoms with van der Waals surface area (Å²) in [5.74, 6) is -1.46. The van der Waals surface area contributed by atoms with E-state index in [1.54, 1.807) is 4.90 Å². The highest BCUT2D eigenvalue weighted by atomic mass is 16.5. The summed E-state index contributed by atoms with van der Waals surface area (Å²) >= 11 is 0. The van der Waals surface area contributed by atoms with Gasteiger partial charge in [0.15, 0.2) is 0 Å². The number of carbonyl (C=O) groups excluding carboxylic acids is 4. The second-order valence-corrected chi connectivity index (χ2v) is 14.6. The third-order valence-corrected chi connectivity index (χ3v) is 10.6. The predicted molar refractivity (Wildman–Crippen MR) is 208 cm³/mol. The standard InChI is InChI=1S/C42H58N6O6/c1-7-27(3)37(35-25-43-41(52)48(35)26-32-21-15-16-29(5)44-32)39(50)45-33(22-30-17-11-9-12-18-30)24-36(49)34(23-31-19-13-10-14-20-31)46-40(51)38(28(4)8-2)47-42(53)54-6/h9-21,27-28,33-38,49H,7-8,22-26H2,1-6H3,(H,43,52)(H,45,50)(H,46,51)(H,47,53). The molecule has 2 aromatic carbocycles. The molecule has 292 valence electrons. The molecule has 3 aromatic rings. The van der Waals surface area contributed by atoms with Gasteiger partial charge in [-0.2, -0.15) is 0 Å². The van der Waals surface area contributed by atoms with Gasteiger partial charge in [0, 0.05) is 18.3 Å². The summed E-state index contributed by atoms with van der Waals surface area (Å²) in [7, 11) is 1.25. The summed E-state index contributed by atoms with van der Waals surface area (Å²) in [6.45, 7) is 10.4. The highest BCUT2D eigenvalue weighted by Crippen LogP contribution is 2.28. The fourth-order valence-corrected chi connectivity index (χ4v) is 7.15. The van der Waals surface area contributed by atoms with Crippen LogP contribution in [-0.4, -0.2) is 82.9 Å². The van der Waals surface area contributed by atoms with Gasteiger partial charge in [-0.15, -0.1) is 0 Å². The molecule has 5 amide bonds. The number of nitrogens with zero attached hydrogens (tertiary/aromatic N) is 2. The molecule has 0 radical (unpaired) electrons. The molecule has 4 rings (SSSR count). The van der Waals surface area contributed by atoms with Crippen LogP contribution in [0.1, 0.15) is 69.5 Å². The summed E-state index contributed by atoms with van der Waals surface area (Å²) in [5.41, 5.74) is 3.47. The number of hydrogen-bond donors (Lipinski definition) is 5. The molecule has 2 heterocycles. The number of rotatable bonds is 19. The highest BCUT2D eigenvalue weighted by molar-refractivity contribution is 5.86. The maximum Gasteiger partial charge on any atom is 0.407 e. The zero-order chi connectivity index (χ0) is 39.2. The first-order valence-electron chi connectivity index (χ1n) is 19.1. The zero-order valence-corrected chi connectivity index (χ0v) is 32.5. The molecule has 54 heavy (non-hydrogen) atoms. The summed E-state index contributed by atoms with van der Waals surface area (Å²) in [5, 5.41) is 23.9. The molecule has 1 aliphatic heterocycles. The van der Waals surface area contributed by atoms with Crippen LogP contribution >= 0.6 is 0 Å². The van der Waals surface area contributed by atoms with Crippen molar-refractivity contribution in [2.75, 3.05) is 13.7 Å². The van der Waals surface area contributed by atoms with E-state index in [9.17, 15) is 24.3 Å². The molecule has 8 unspecified atom stereocenters. The van der Waals surface area contributed by atoms with Crippen molar-refractivity contribution in [3.8, 4) is 0 Å². The van der Waals surface area contributed by atoms with E-state index in [0.29, 0.717) is 32.2 Å². The quantitative estimate of drug-likeness (QED) is 0.117. The lowest BCUT2D eigenvalue weighted by molar-refractivity contribution is -0.130. The molecule has 0 aliphatic carbocycles. The van der Waals surface area contributed by atoms with Crippen LogP contribution in [-0.2, 0) is 33.7 Å². The topological polar surface area (TPSA) is 162 Å². The second-order valence-electron chi connectivity index (χ2n) is 14.6. The fourth-order valence-electron chi connectivity index (χ4n) is 7.15. The molecule has 12 nitrogen and oxygen atoms in total. The Bertz CT molecular complexity index is 1660. The number of nitrogens with one attached hydrogen (secondary N) is 4. The molecule has 1 fully saturated rings. The number of hydrogen-bond acceptors (Lipinski definition) is 7. The number of aromatic nitrogens is 1. The predicted octanol–water partition coefficient (Wildman–Crippen LogP) is 4.92. The van der Waals surface area contributed by atoms with Crippen molar-refractivity contribution in [3.63, 3.8) is 0 Å². The highest BCUT2D eigenvalue weighted by Gasteiger charge is 2.43. The van der Waals surface area contributed by atoms with Crippen LogP contribution in [0.2, 0.25) is 0 Å². The molecule has 1 aliphatic rings. The number of amides is 5. The monoisotopic (exact) mass is 742 g/mol. The van der Waals surface area contributed by atoms with Crippen LogP contribution in [0.25, 0.3) is 0 Å². The number of pyridine rings is 1. The molecule has 0 spiro atoms. The average Bonchev–Trinajstić information content (AvgIpc) is 3.51. The van der Waals surface area contributed by atoms with Gasteiger partial charge in [0.25, 0.3) is 0 Å². The largest absolute Gasteiger partial charge is 0.453 e. The molecule has 1 aromatic heterocycles. The van der Waals surface area contributed by atoms with Gasteiger partial charge in [0.05, 0.1) is 43.5 Å². The van der Waals surface area contributed by atoms with Crippen LogP contribution in [0.15, 0.2) is 78.9 Å². The van der Waals surface area contributed by atoms with Crippen LogP contribution in [0.3, 0.4) is 0 Å². The van der Waals surface area contributed by atoms with E-state index >= 15 is 0 Å². The normalized spacial score (nSPS) is 17.9. The van der Waals surface area contributed by atoms with Crippen molar-refractivity contribution in [1.29, 1.82) is 0 Å². The number of urea groups is 1. The van der Waals surface area contributed by atoms with Gasteiger partial charge in [-0.1, -0.05) is 107 Å². The van der Waals surface area contributed by atoms with Crippen LogP contribution in [0, 0.1) is 24.7 Å². The van der Waals surface area contributed by atoms with E-state index in [4.69, 9.17) is 4.74 Å². The summed E-state index contributed by atoms with van der Waals surface area (Å²) < 4.78 is 4.80.